The Bertz CT molecular complexity index is 260. The van der Waals surface area contributed by atoms with Gasteiger partial charge in [0.05, 0.1) is 7.11 Å². The number of benzene rings is 1. The van der Waals surface area contributed by atoms with Gasteiger partial charge in [-0.2, -0.15) is 5.11 Å². The van der Waals surface area contributed by atoms with Crippen molar-refractivity contribution in [3.05, 3.63) is 29.8 Å². The monoisotopic (exact) mass is 276 g/mol. The Morgan fingerprint density at radius 1 is 1.42 bits per heavy atom. The van der Waals surface area contributed by atoms with E-state index in [1.807, 2.05) is 24.3 Å². The van der Waals surface area contributed by atoms with E-state index in [1.54, 1.807) is 7.11 Å². The summed E-state index contributed by atoms with van der Waals surface area (Å²) in [7, 11) is 1.63. The molecule has 3 nitrogen and oxygen atoms in total. The molecule has 0 aliphatic rings. The molecule has 4 heteroatoms. The summed E-state index contributed by atoms with van der Waals surface area (Å²) < 4.78 is 4.91. The second-order valence-electron chi connectivity index (χ2n) is 2.24. The zero-order valence-electron chi connectivity index (χ0n) is 6.62. The summed E-state index contributed by atoms with van der Waals surface area (Å²) in [5.74, 6) is 0.826. The predicted octanol–water partition coefficient (Wildman–Crippen LogP) is 3.16. The maximum atomic E-state index is 6.83. The molecule has 1 aromatic carbocycles. The molecule has 0 bridgehead atoms. The van der Waals surface area contributed by atoms with Gasteiger partial charge >= 0.3 is 0 Å². The summed E-state index contributed by atoms with van der Waals surface area (Å²) in [6, 6.07) is 7.56. The molecule has 0 amide bonds. The molecule has 0 aromatic heterocycles. The van der Waals surface area contributed by atoms with Crippen molar-refractivity contribution in [2.75, 3.05) is 7.11 Å². The Morgan fingerprint density at radius 2 is 2.00 bits per heavy atom. The molecule has 0 heterocycles. The highest BCUT2D eigenvalue weighted by atomic mass is 127. The lowest BCUT2D eigenvalue weighted by molar-refractivity contribution is 0.414. The van der Waals surface area contributed by atoms with Crippen LogP contribution in [0.4, 0.5) is 0 Å². The molecular weight excluding hydrogens is 267 g/mol. The Balaban J connectivity index is 2.84. The number of ether oxygens (including phenoxy) is 1. The van der Waals surface area contributed by atoms with Gasteiger partial charge in [-0.15, -0.1) is 0 Å². The molecule has 1 aromatic rings. The number of alkyl halides is 1. The van der Waals surface area contributed by atoms with E-state index >= 15 is 0 Å². The average molecular weight is 276 g/mol. The molecule has 0 fully saturated rings. The molecule has 1 unspecified atom stereocenters. The number of halogens is 1. The van der Waals surface area contributed by atoms with Gasteiger partial charge in [-0.05, 0) is 40.3 Å². The lowest BCUT2D eigenvalue weighted by atomic mass is 10.2. The van der Waals surface area contributed by atoms with E-state index in [1.165, 1.54) is 0 Å². The molecule has 0 saturated carbocycles. The molecule has 64 valence electrons. The van der Waals surface area contributed by atoms with E-state index in [0.29, 0.717) is 0 Å². The summed E-state index contributed by atoms with van der Waals surface area (Å²) in [5, 5.41) is 3.41. The molecule has 0 radical (unpaired) electrons. The summed E-state index contributed by atoms with van der Waals surface area (Å²) >= 11 is 2.10. The normalized spacial score (nSPS) is 12.2. The first-order valence-electron chi connectivity index (χ1n) is 3.42. The first kappa shape index (κ1) is 9.44. The van der Waals surface area contributed by atoms with E-state index in [2.05, 4.69) is 27.7 Å². The minimum Gasteiger partial charge on any atom is -0.497 e. The highest BCUT2D eigenvalue weighted by Gasteiger charge is 2.03. The molecule has 1 N–H and O–H groups in total. The van der Waals surface area contributed by atoms with Gasteiger partial charge in [0.2, 0.25) is 0 Å². The minimum atomic E-state index is -0.0893. The topological polar surface area (TPSA) is 45.4 Å². The van der Waals surface area contributed by atoms with Gasteiger partial charge in [0.25, 0.3) is 0 Å². The van der Waals surface area contributed by atoms with Crippen molar-refractivity contribution in [2.24, 2.45) is 5.11 Å². The highest BCUT2D eigenvalue weighted by Crippen LogP contribution is 2.25. The first-order valence-corrected chi connectivity index (χ1v) is 4.67. The van der Waals surface area contributed by atoms with Crippen molar-refractivity contribution in [1.29, 1.82) is 5.53 Å². The van der Waals surface area contributed by atoms with Crippen LogP contribution in [0.1, 0.15) is 9.61 Å². The fraction of sp³-hybridized carbons (Fsp3) is 0.250. The van der Waals surface area contributed by atoms with Crippen LogP contribution in [0.2, 0.25) is 0 Å². The molecule has 12 heavy (non-hydrogen) atoms. The maximum Gasteiger partial charge on any atom is 0.146 e. The molecule has 0 aliphatic heterocycles. The van der Waals surface area contributed by atoms with E-state index in [4.69, 9.17) is 10.3 Å². The van der Waals surface area contributed by atoms with Crippen molar-refractivity contribution in [3.63, 3.8) is 0 Å². The van der Waals surface area contributed by atoms with Gasteiger partial charge in [-0.1, -0.05) is 12.1 Å². The first-order chi connectivity index (χ1) is 5.77. The van der Waals surface area contributed by atoms with Gasteiger partial charge in [0.1, 0.15) is 9.80 Å². The number of hydrogen-bond donors (Lipinski definition) is 1. The molecular formula is C8H9IN2O. The molecule has 0 aliphatic carbocycles. The van der Waals surface area contributed by atoms with Crippen LogP contribution in [-0.4, -0.2) is 7.11 Å². The fourth-order valence-electron chi connectivity index (χ4n) is 0.837. The van der Waals surface area contributed by atoms with Gasteiger partial charge < -0.3 is 4.74 Å². The number of nitrogens with one attached hydrogen (secondary N) is 1. The van der Waals surface area contributed by atoms with Crippen LogP contribution in [0.3, 0.4) is 0 Å². The van der Waals surface area contributed by atoms with Crippen molar-refractivity contribution in [1.82, 2.24) is 0 Å². The van der Waals surface area contributed by atoms with E-state index in [-0.39, 0.29) is 4.05 Å². The van der Waals surface area contributed by atoms with Gasteiger partial charge in [0.15, 0.2) is 0 Å². The number of hydrogen-bond acceptors (Lipinski definition) is 3. The van der Waals surface area contributed by atoms with E-state index < -0.39 is 0 Å². The number of rotatable bonds is 3. The van der Waals surface area contributed by atoms with Crippen LogP contribution in [-0.2, 0) is 0 Å². The zero-order chi connectivity index (χ0) is 8.97. The van der Waals surface area contributed by atoms with Crippen molar-refractivity contribution >= 4 is 22.6 Å². The zero-order valence-corrected chi connectivity index (χ0v) is 8.78. The van der Waals surface area contributed by atoms with Gasteiger partial charge in [0, 0.05) is 0 Å². The molecule has 0 spiro atoms. The third-order valence-corrected chi connectivity index (χ3v) is 2.50. The molecule has 0 saturated heterocycles. The largest absolute Gasteiger partial charge is 0.497 e. The standard InChI is InChI=1S/C8H9IN2O/c1-12-7-4-2-6(3-5-7)8(9)11-10/h2-5,8,10H,1H3. The van der Waals surface area contributed by atoms with Crippen LogP contribution in [0.5, 0.6) is 5.75 Å². The SMILES string of the molecule is COc1ccc(C(I)N=N)cc1. The van der Waals surface area contributed by atoms with Gasteiger partial charge in [-0.3, -0.25) is 0 Å². The van der Waals surface area contributed by atoms with Crippen LogP contribution < -0.4 is 4.74 Å². The summed E-state index contributed by atoms with van der Waals surface area (Å²) in [4.78, 5) is 0. The van der Waals surface area contributed by atoms with Gasteiger partial charge in [-0.25, -0.2) is 5.53 Å². The maximum absolute atomic E-state index is 6.83. The van der Waals surface area contributed by atoms with Crippen molar-refractivity contribution in [3.8, 4) is 5.75 Å². The second kappa shape index (κ2) is 4.39. The molecule has 1 rings (SSSR count). The number of nitrogens with zero attached hydrogens (tertiary/aromatic N) is 1. The summed E-state index contributed by atoms with van der Waals surface area (Å²) in [5.41, 5.74) is 7.85. The Morgan fingerprint density at radius 3 is 2.42 bits per heavy atom. The third-order valence-electron chi connectivity index (χ3n) is 1.50. The Kier molecular flexibility index (Phi) is 3.46. The smallest absolute Gasteiger partial charge is 0.146 e. The average Bonchev–Trinajstić information content (AvgIpc) is 2.17. The lowest BCUT2D eigenvalue weighted by Crippen LogP contribution is -1.86. The third kappa shape index (κ3) is 2.17. The van der Waals surface area contributed by atoms with E-state index in [0.717, 1.165) is 11.3 Å². The Hall–Kier alpha value is -0.650. The minimum absolute atomic E-state index is 0.0893. The van der Waals surface area contributed by atoms with Crippen LogP contribution >= 0.6 is 22.6 Å². The van der Waals surface area contributed by atoms with Crippen LogP contribution in [0.25, 0.3) is 0 Å². The number of methoxy groups -OCH3 is 1. The second-order valence-corrected chi connectivity index (χ2v) is 3.42. The van der Waals surface area contributed by atoms with E-state index in [9.17, 15) is 0 Å². The van der Waals surface area contributed by atoms with Crippen LogP contribution in [0.15, 0.2) is 29.4 Å². The molecule has 1 atom stereocenters. The Labute approximate surface area is 84.8 Å². The predicted molar refractivity (Wildman–Crippen MR) is 54.9 cm³/mol. The summed E-state index contributed by atoms with van der Waals surface area (Å²) in [6.07, 6.45) is 0. The van der Waals surface area contributed by atoms with Crippen molar-refractivity contribution < 1.29 is 4.74 Å². The summed E-state index contributed by atoms with van der Waals surface area (Å²) in [6.45, 7) is 0. The van der Waals surface area contributed by atoms with Crippen LogP contribution in [0, 0.1) is 5.53 Å². The van der Waals surface area contributed by atoms with Crippen molar-refractivity contribution in [2.45, 2.75) is 4.05 Å². The lowest BCUT2D eigenvalue weighted by Gasteiger charge is -2.03. The fourth-order valence-corrected chi connectivity index (χ4v) is 1.25. The highest BCUT2D eigenvalue weighted by molar-refractivity contribution is 14.1. The quantitative estimate of drug-likeness (QED) is 0.392.